The first-order chi connectivity index (χ1) is 8.27. The number of amides is 2. The highest BCUT2D eigenvalue weighted by Crippen LogP contribution is 2.33. The molecule has 3 rings (SSSR count). The third kappa shape index (κ3) is 1.72. The number of fused-ring (bicyclic) bond motifs is 3. The molecule has 0 bridgehead atoms. The van der Waals surface area contributed by atoms with Gasteiger partial charge >= 0.3 is 6.03 Å². The van der Waals surface area contributed by atoms with Crippen LogP contribution >= 0.6 is 0 Å². The van der Waals surface area contributed by atoms with E-state index in [4.69, 9.17) is 5.73 Å². The van der Waals surface area contributed by atoms with E-state index in [0.717, 1.165) is 12.8 Å². The lowest BCUT2D eigenvalue weighted by Gasteiger charge is -2.17. The van der Waals surface area contributed by atoms with Crippen LogP contribution in [-0.2, 0) is 25.7 Å². The summed E-state index contributed by atoms with van der Waals surface area (Å²) >= 11 is 0. The summed E-state index contributed by atoms with van der Waals surface area (Å²) in [6, 6.07) is -0.457. The number of carbonyl (C=O) groups excluding carboxylic acids is 1. The number of aromatic nitrogens is 1. The Labute approximate surface area is 101 Å². The zero-order valence-corrected chi connectivity index (χ0v) is 10.1. The summed E-state index contributed by atoms with van der Waals surface area (Å²) in [5.41, 5.74) is 13.7. The van der Waals surface area contributed by atoms with Gasteiger partial charge in [0, 0.05) is 11.4 Å². The molecule has 17 heavy (non-hydrogen) atoms. The highest BCUT2D eigenvalue weighted by molar-refractivity contribution is 5.80. The molecule has 0 saturated heterocycles. The van der Waals surface area contributed by atoms with Crippen LogP contribution in [0.3, 0.4) is 0 Å². The van der Waals surface area contributed by atoms with Gasteiger partial charge in [0.15, 0.2) is 0 Å². The van der Waals surface area contributed by atoms with E-state index >= 15 is 0 Å². The topological polar surface area (TPSA) is 60.1 Å². The number of hydrogen-bond acceptors (Lipinski definition) is 1. The van der Waals surface area contributed by atoms with Crippen molar-refractivity contribution >= 4 is 6.03 Å². The molecule has 4 nitrogen and oxygen atoms in total. The van der Waals surface area contributed by atoms with Crippen LogP contribution in [0, 0.1) is 0 Å². The fourth-order valence-corrected chi connectivity index (χ4v) is 3.33. The molecule has 0 aliphatic heterocycles. The summed E-state index contributed by atoms with van der Waals surface area (Å²) < 4.78 is 1.99. The summed E-state index contributed by atoms with van der Waals surface area (Å²) in [6.45, 7) is 0. The van der Waals surface area contributed by atoms with Crippen molar-refractivity contribution in [3.63, 3.8) is 0 Å². The minimum absolute atomic E-state index is 0.457. The highest BCUT2D eigenvalue weighted by atomic mass is 16.2. The molecule has 2 amide bonds. The van der Waals surface area contributed by atoms with Gasteiger partial charge in [-0.05, 0) is 62.5 Å². The molecule has 1 heterocycles. The zero-order valence-electron chi connectivity index (χ0n) is 10.1. The van der Waals surface area contributed by atoms with Gasteiger partial charge < -0.3 is 5.73 Å². The minimum Gasteiger partial charge on any atom is -0.350 e. The van der Waals surface area contributed by atoms with E-state index in [1.807, 2.05) is 4.68 Å². The highest BCUT2D eigenvalue weighted by Gasteiger charge is 2.26. The smallest absolute Gasteiger partial charge is 0.331 e. The van der Waals surface area contributed by atoms with Gasteiger partial charge in [-0.2, -0.15) is 0 Å². The largest absolute Gasteiger partial charge is 0.350 e. The fourth-order valence-electron chi connectivity index (χ4n) is 3.33. The average molecular weight is 233 g/mol. The van der Waals surface area contributed by atoms with Crippen LogP contribution in [0.25, 0.3) is 0 Å². The van der Waals surface area contributed by atoms with E-state index in [-0.39, 0.29) is 0 Å². The predicted octanol–water partition coefficient (Wildman–Crippen LogP) is 1.87. The average Bonchev–Trinajstić information content (AvgIpc) is 2.65. The molecule has 1 aromatic heterocycles. The third-order valence-corrected chi connectivity index (χ3v) is 4.00. The molecule has 0 unspecified atom stereocenters. The Morgan fingerprint density at radius 2 is 1.41 bits per heavy atom. The van der Waals surface area contributed by atoms with E-state index in [1.165, 1.54) is 61.0 Å². The first kappa shape index (κ1) is 10.7. The lowest BCUT2D eigenvalue weighted by Crippen LogP contribution is -2.31. The van der Waals surface area contributed by atoms with Crippen LogP contribution < -0.4 is 11.2 Å². The van der Waals surface area contributed by atoms with Gasteiger partial charge in [0.1, 0.15) is 0 Å². The first-order valence-electron chi connectivity index (χ1n) is 6.58. The predicted molar refractivity (Wildman–Crippen MR) is 66.7 cm³/mol. The van der Waals surface area contributed by atoms with Crippen molar-refractivity contribution in [1.82, 2.24) is 4.68 Å². The zero-order chi connectivity index (χ0) is 11.8. The molecule has 2 aliphatic carbocycles. The molecule has 0 aromatic carbocycles. The molecule has 4 heteroatoms. The molecule has 3 N–H and O–H groups in total. The van der Waals surface area contributed by atoms with Crippen molar-refractivity contribution in [3.05, 3.63) is 22.5 Å². The number of hydrogen-bond donors (Lipinski definition) is 2. The van der Waals surface area contributed by atoms with Gasteiger partial charge in [-0.1, -0.05) is 0 Å². The number of carbonyl (C=O) groups is 1. The maximum Gasteiger partial charge on any atom is 0.331 e. The van der Waals surface area contributed by atoms with Crippen LogP contribution in [0.5, 0.6) is 0 Å². The summed E-state index contributed by atoms with van der Waals surface area (Å²) in [7, 11) is 0. The van der Waals surface area contributed by atoms with Crippen molar-refractivity contribution in [1.29, 1.82) is 0 Å². The summed E-state index contributed by atoms with van der Waals surface area (Å²) in [6.07, 6.45) is 9.48. The maximum absolute atomic E-state index is 11.1. The van der Waals surface area contributed by atoms with Crippen molar-refractivity contribution < 1.29 is 4.79 Å². The minimum atomic E-state index is -0.457. The van der Waals surface area contributed by atoms with Crippen molar-refractivity contribution in [2.75, 3.05) is 5.43 Å². The molecule has 0 fully saturated rings. The fraction of sp³-hybridized carbons (Fsp3) is 0.615. The molecule has 0 radical (unpaired) electrons. The van der Waals surface area contributed by atoms with Crippen LogP contribution in [0.2, 0.25) is 0 Å². The Balaban J connectivity index is 2.11. The SMILES string of the molecule is NC(=O)Nn1c2c(c3c1CCCC3)CCCC2. The first-order valence-corrected chi connectivity index (χ1v) is 6.58. The Hall–Kier alpha value is -1.45. The molecule has 0 saturated carbocycles. The second kappa shape index (κ2) is 4.09. The van der Waals surface area contributed by atoms with E-state index in [9.17, 15) is 4.79 Å². The van der Waals surface area contributed by atoms with E-state index in [2.05, 4.69) is 5.43 Å². The monoisotopic (exact) mass is 233 g/mol. The van der Waals surface area contributed by atoms with Crippen molar-refractivity contribution in [2.24, 2.45) is 5.73 Å². The normalized spacial score (nSPS) is 18.4. The number of nitrogens with two attached hydrogens (primary N) is 1. The van der Waals surface area contributed by atoms with Gasteiger partial charge in [0.05, 0.1) is 0 Å². The molecular formula is C13H19N3O. The van der Waals surface area contributed by atoms with E-state index in [0.29, 0.717) is 0 Å². The van der Waals surface area contributed by atoms with E-state index in [1.54, 1.807) is 0 Å². The molecule has 0 spiro atoms. The van der Waals surface area contributed by atoms with Gasteiger partial charge in [-0.15, -0.1) is 0 Å². The van der Waals surface area contributed by atoms with Crippen molar-refractivity contribution in [3.8, 4) is 0 Å². The molecule has 1 aromatic rings. The van der Waals surface area contributed by atoms with Gasteiger partial charge in [0.2, 0.25) is 0 Å². The summed E-state index contributed by atoms with van der Waals surface area (Å²) in [5, 5.41) is 0. The van der Waals surface area contributed by atoms with Crippen LogP contribution in [0.1, 0.15) is 48.2 Å². The number of nitrogens with zero attached hydrogens (tertiary/aromatic N) is 1. The number of rotatable bonds is 1. The summed E-state index contributed by atoms with van der Waals surface area (Å²) in [4.78, 5) is 11.1. The molecular weight excluding hydrogens is 214 g/mol. The van der Waals surface area contributed by atoms with E-state index < -0.39 is 6.03 Å². The van der Waals surface area contributed by atoms with Crippen LogP contribution in [0.4, 0.5) is 4.79 Å². The van der Waals surface area contributed by atoms with Crippen molar-refractivity contribution in [2.45, 2.75) is 51.4 Å². The maximum atomic E-state index is 11.1. The molecule has 0 atom stereocenters. The quantitative estimate of drug-likeness (QED) is 0.764. The lowest BCUT2D eigenvalue weighted by atomic mass is 9.89. The van der Waals surface area contributed by atoms with Gasteiger partial charge in [0.25, 0.3) is 0 Å². The second-order valence-electron chi connectivity index (χ2n) is 5.08. The van der Waals surface area contributed by atoms with Gasteiger partial charge in [-0.3, -0.25) is 4.68 Å². The molecule has 2 aliphatic rings. The second-order valence-corrected chi connectivity index (χ2v) is 5.08. The molecule has 92 valence electrons. The number of urea groups is 1. The lowest BCUT2D eigenvalue weighted by molar-refractivity contribution is 0.256. The van der Waals surface area contributed by atoms with Crippen LogP contribution in [0.15, 0.2) is 0 Å². The Morgan fingerprint density at radius 3 is 1.88 bits per heavy atom. The Morgan fingerprint density at radius 1 is 0.941 bits per heavy atom. The van der Waals surface area contributed by atoms with Crippen LogP contribution in [-0.4, -0.2) is 10.7 Å². The Bertz CT molecular complexity index is 428. The number of primary amides is 1. The third-order valence-electron chi connectivity index (χ3n) is 4.00. The standard InChI is InChI=1S/C13H19N3O/c14-13(17)15-16-11-7-3-1-5-9(11)10-6-2-4-8-12(10)16/h1-8H2,(H3,14,15,17). The summed E-state index contributed by atoms with van der Waals surface area (Å²) in [5.74, 6) is 0. The Kier molecular flexibility index (Phi) is 2.57. The van der Waals surface area contributed by atoms with Gasteiger partial charge in [-0.25, -0.2) is 10.2 Å². The number of nitrogens with one attached hydrogen (secondary N) is 1.